The maximum absolute atomic E-state index is 9.74. The third-order valence-electron chi connectivity index (χ3n) is 2.69. The Morgan fingerprint density at radius 3 is 3.14 bits per heavy atom. The summed E-state index contributed by atoms with van der Waals surface area (Å²) in [6, 6.07) is 0. The van der Waals surface area contributed by atoms with Crippen LogP contribution < -0.4 is 0 Å². The number of halogens is 1. The van der Waals surface area contributed by atoms with Gasteiger partial charge in [-0.15, -0.1) is 0 Å². The van der Waals surface area contributed by atoms with E-state index in [4.69, 9.17) is 11.6 Å². The Morgan fingerprint density at radius 1 is 1.57 bits per heavy atom. The summed E-state index contributed by atoms with van der Waals surface area (Å²) in [5.74, 6) is 0. The first kappa shape index (κ1) is 9.81. The molecule has 1 unspecified atom stereocenters. The summed E-state index contributed by atoms with van der Waals surface area (Å²) in [6.07, 6.45) is 8.82. The van der Waals surface area contributed by atoms with Crippen molar-refractivity contribution < 1.29 is 5.11 Å². The second-order valence-corrected chi connectivity index (χ2v) is 3.96. The van der Waals surface area contributed by atoms with Crippen LogP contribution in [0.3, 0.4) is 0 Å². The fourth-order valence-corrected chi connectivity index (χ4v) is 2.07. The lowest BCUT2D eigenvalue weighted by Crippen LogP contribution is -2.05. The van der Waals surface area contributed by atoms with E-state index in [-0.39, 0.29) is 6.10 Å². The average Bonchev–Trinajstić information content (AvgIpc) is 2.59. The van der Waals surface area contributed by atoms with Crippen LogP contribution in [0.25, 0.3) is 0 Å². The van der Waals surface area contributed by atoms with Gasteiger partial charge in [0.25, 0.3) is 0 Å². The van der Waals surface area contributed by atoms with Gasteiger partial charge in [0.05, 0.1) is 6.10 Å². The molecule has 1 atom stereocenters. The van der Waals surface area contributed by atoms with Crippen molar-refractivity contribution in [3.05, 3.63) is 35.1 Å². The molecule has 0 bridgehead atoms. The molecule has 2 nitrogen and oxygen atoms in total. The quantitative estimate of drug-likeness (QED) is 0.800. The Hall–Kier alpha value is -0.730. The molecule has 0 radical (unpaired) electrons. The number of hydrogen-bond acceptors (Lipinski definition) is 1. The van der Waals surface area contributed by atoms with Crippen LogP contribution in [-0.2, 0) is 13.0 Å². The van der Waals surface area contributed by atoms with Gasteiger partial charge in [-0.05, 0) is 24.8 Å². The van der Waals surface area contributed by atoms with Gasteiger partial charge >= 0.3 is 0 Å². The summed E-state index contributed by atoms with van der Waals surface area (Å²) < 4.78 is 2.07. The molecule has 1 aliphatic carbocycles. The van der Waals surface area contributed by atoms with E-state index in [9.17, 15) is 5.11 Å². The average molecular weight is 212 g/mol. The molecule has 3 heteroatoms. The summed E-state index contributed by atoms with van der Waals surface area (Å²) in [6.45, 7) is 0.781. The van der Waals surface area contributed by atoms with Crippen molar-refractivity contribution in [1.82, 2.24) is 4.57 Å². The molecule has 0 saturated carbocycles. The van der Waals surface area contributed by atoms with Crippen LogP contribution in [0.15, 0.2) is 24.0 Å². The molecule has 0 spiro atoms. The highest BCUT2D eigenvalue weighted by atomic mass is 35.5. The lowest BCUT2D eigenvalue weighted by Gasteiger charge is -2.16. The van der Waals surface area contributed by atoms with Crippen LogP contribution in [0.2, 0.25) is 0 Å². The Balaban J connectivity index is 2.21. The molecule has 1 aromatic rings. The Bertz CT molecular complexity index is 343. The van der Waals surface area contributed by atoms with Crippen molar-refractivity contribution in [3.63, 3.8) is 0 Å². The van der Waals surface area contributed by atoms with Gasteiger partial charge in [0, 0.05) is 30.0 Å². The number of aliphatic hydroxyl groups is 1. The normalized spacial score (nSPS) is 21.4. The van der Waals surface area contributed by atoms with Crippen LogP contribution in [0, 0.1) is 0 Å². The maximum atomic E-state index is 9.74. The van der Waals surface area contributed by atoms with Crippen molar-refractivity contribution in [2.45, 2.75) is 31.9 Å². The van der Waals surface area contributed by atoms with E-state index in [1.807, 2.05) is 12.3 Å². The molecule has 1 aromatic heterocycles. The molecular formula is C11H14ClNO. The van der Waals surface area contributed by atoms with Crippen molar-refractivity contribution in [1.29, 1.82) is 0 Å². The molecule has 0 amide bonds. The topological polar surface area (TPSA) is 25.2 Å². The van der Waals surface area contributed by atoms with Crippen LogP contribution in [-0.4, -0.2) is 9.67 Å². The second kappa shape index (κ2) is 4.20. The molecule has 0 fully saturated rings. The fourth-order valence-electron chi connectivity index (χ4n) is 1.99. The van der Waals surface area contributed by atoms with Gasteiger partial charge < -0.3 is 9.67 Å². The van der Waals surface area contributed by atoms with Gasteiger partial charge in [0.1, 0.15) is 0 Å². The molecule has 1 N–H and O–H groups in total. The Labute approximate surface area is 88.8 Å². The minimum atomic E-state index is -0.264. The van der Waals surface area contributed by atoms with E-state index in [0.29, 0.717) is 0 Å². The van der Waals surface area contributed by atoms with Crippen LogP contribution >= 0.6 is 11.6 Å². The zero-order valence-corrected chi connectivity index (χ0v) is 8.74. The Morgan fingerprint density at radius 2 is 2.43 bits per heavy atom. The Kier molecular flexibility index (Phi) is 2.94. The highest BCUT2D eigenvalue weighted by Crippen LogP contribution is 2.30. The zero-order valence-electron chi connectivity index (χ0n) is 7.99. The fraction of sp³-hybridized carbons (Fsp3) is 0.455. The molecule has 76 valence electrons. The minimum Gasteiger partial charge on any atom is -0.388 e. The lowest BCUT2D eigenvalue weighted by molar-refractivity contribution is 0.157. The van der Waals surface area contributed by atoms with E-state index in [1.54, 1.807) is 0 Å². The van der Waals surface area contributed by atoms with Crippen molar-refractivity contribution in [3.8, 4) is 0 Å². The third-order valence-corrected chi connectivity index (χ3v) is 2.86. The number of aryl methyl sites for hydroxylation is 1. The second-order valence-electron chi connectivity index (χ2n) is 3.71. The molecule has 1 heterocycles. The first-order valence-electron chi connectivity index (χ1n) is 4.93. The molecule has 0 saturated heterocycles. The first-order chi connectivity index (χ1) is 6.81. The monoisotopic (exact) mass is 211 g/mol. The summed E-state index contributed by atoms with van der Waals surface area (Å²) in [7, 11) is 0. The van der Waals surface area contributed by atoms with E-state index >= 15 is 0 Å². The zero-order chi connectivity index (χ0) is 9.97. The van der Waals surface area contributed by atoms with Crippen LogP contribution in [0.1, 0.15) is 30.1 Å². The summed E-state index contributed by atoms with van der Waals surface area (Å²) in [5.41, 5.74) is 3.90. The van der Waals surface area contributed by atoms with E-state index in [0.717, 1.165) is 31.4 Å². The maximum Gasteiger partial charge on any atom is 0.0807 e. The van der Waals surface area contributed by atoms with E-state index in [2.05, 4.69) is 10.8 Å². The number of rotatable bonds is 2. The van der Waals surface area contributed by atoms with Crippen molar-refractivity contribution >= 4 is 11.6 Å². The van der Waals surface area contributed by atoms with Crippen molar-refractivity contribution in [2.75, 3.05) is 0 Å². The number of aliphatic hydroxyl groups excluding tert-OH is 1. The smallest absolute Gasteiger partial charge is 0.0807 e. The molecule has 1 aliphatic rings. The number of aromatic nitrogens is 1. The number of fused-ring (bicyclic) bond motifs is 1. The number of allylic oxidation sites excluding steroid dienone is 1. The lowest BCUT2D eigenvalue weighted by atomic mass is 9.93. The highest BCUT2D eigenvalue weighted by molar-refractivity contribution is 6.25. The SMILES string of the molecule is OC1CCCc2cn(C/C=C/Cl)cc21. The predicted octanol–water partition coefficient (Wildman–Crippen LogP) is 2.61. The predicted molar refractivity (Wildman–Crippen MR) is 57.3 cm³/mol. The van der Waals surface area contributed by atoms with Gasteiger partial charge in [0.15, 0.2) is 0 Å². The van der Waals surface area contributed by atoms with Crippen LogP contribution in [0.4, 0.5) is 0 Å². The van der Waals surface area contributed by atoms with Crippen molar-refractivity contribution in [2.24, 2.45) is 0 Å². The van der Waals surface area contributed by atoms with E-state index < -0.39 is 0 Å². The minimum absolute atomic E-state index is 0.264. The number of hydrogen-bond donors (Lipinski definition) is 1. The van der Waals surface area contributed by atoms with Gasteiger partial charge in [-0.25, -0.2) is 0 Å². The largest absolute Gasteiger partial charge is 0.388 e. The number of nitrogens with zero attached hydrogens (tertiary/aromatic N) is 1. The summed E-state index contributed by atoms with van der Waals surface area (Å²) >= 11 is 5.46. The molecule has 0 aromatic carbocycles. The molecular weight excluding hydrogens is 198 g/mol. The van der Waals surface area contributed by atoms with Gasteiger partial charge in [-0.3, -0.25) is 0 Å². The van der Waals surface area contributed by atoms with Gasteiger partial charge in [-0.1, -0.05) is 17.7 Å². The first-order valence-corrected chi connectivity index (χ1v) is 5.36. The molecule has 2 rings (SSSR count). The van der Waals surface area contributed by atoms with Crippen LogP contribution in [0.5, 0.6) is 0 Å². The van der Waals surface area contributed by atoms with E-state index in [1.165, 1.54) is 11.1 Å². The highest BCUT2D eigenvalue weighted by Gasteiger charge is 2.19. The summed E-state index contributed by atoms with van der Waals surface area (Å²) in [4.78, 5) is 0. The summed E-state index contributed by atoms with van der Waals surface area (Å²) in [5, 5.41) is 9.74. The molecule has 0 aliphatic heterocycles. The third kappa shape index (κ3) is 1.86. The standard InChI is InChI=1S/C11H14ClNO/c12-5-2-6-13-7-9-3-1-4-11(14)10(9)8-13/h2,5,7-8,11,14H,1,3-4,6H2/b5-2+. The molecule has 14 heavy (non-hydrogen) atoms. The van der Waals surface area contributed by atoms with Gasteiger partial charge in [0.2, 0.25) is 0 Å². The van der Waals surface area contributed by atoms with Gasteiger partial charge in [-0.2, -0.15) is 0 Å².